The molecule has 0 aliphatic carbocycles. The van der Waals surface area contributed by atoms with Gasteiger partial charge in [0.1, 0.15) is 0 Å². The van der Waals surface area contributed by atoms with Crippen molar-refractivity contribution >= 4 is 44.8 Å². The van der Waals surface area contributed by atoms with Crippen LogP contribution in [0.15, 0.2) is 58.3 Å². The van der Waals surface area contributed by atoms with Gasteiger partial charge in [-0.2, -0.15) is 0 Å². The van der Waals surface area contributed by atoms with Gasteiger partial charge in [0, 0.05) is 21.6 Å². The Kier molecular flexibility index (Phi) is 7.60. The topological polar surface area (TPSA) is 58.2 Å². The third-order valence-corrected chi connectivity index (χ3v) is 6.04. The van der Waals surface area contributed by atoms with Gasteiger partial charge in [0.15, 0.2) is 0 Å². The molecule has 0 radical (unpaired) electrons. The van der Waals surface area contributed by atoms with Crippen LogP contribution in [-0.4, -0.2) is 11.8 Å². The van der Waals surface area contributed by atoms with Crippen molar-refractivity contribution in [3.05, 3.63) is 48.5 Å². The van der Waals surface area contributed by atoms with Crippen molar-refractivity contribution in [2.75, 3.05) is 10.6 Å². The molecule has 0 saturated heterocycles. The highest BCUT2D eigenvalue weighted by Gasteiger charge is 2.13. The molecule has 0 aliphatic heterocycles. The molecule has 0 fully saturated rings. The summed E-state index contributed by atoms with van der Waals surface area (Å²) in [6.07, 6.45) is 0. The monoisotopic (exact) mass is 388 g/mol. The molecule has 26 heavy (non-hydrogen) atoms. The fourth-order valence-corrected chi connectivity index (χ4v) is 4.21. The minimum Gasteiger partial charge on any atom is -0.325 e. The second-order valence-corrected chi connectivity index (χ2v) is 8.66. The lowest BCUT2D eigenvalue weighted by Gasteiger charge is -2.14. The Morgan fingerprint density at radius 3 is 1.38 bits per heavy atom. The van der Waals surface area contributed by atoms with Gasteiger partial charge >= 0.3 is 0 Å². The third kappa shape index (κ3) is 5.81. The SMILES string of the molecule is CC(C)C(=O)Nc1ccccc1SSc1ccccc1NC(=O)C(C)C. The van der Waals surface area contributed by atoms with Crippen LogP contribution in [0, 0.1) is 11.8 Å². The normalized spacial score (nSPS) is 10.8. The first kappa shape index (κ1) is 20.4. The highest BCUT2D eigenvalue weighted by molar-refractivity contribution is 8.76. The zero-order chi connectivity index (χ0) is 19.1. The number of anilines is 2. The Morgan fingerprint density at radius 1 is 0.692 bits per heavy atom. The predicted octanol–water partition coefficient (Wildman–Crippen LogP) is 5.68. The molecule has 6 heteroatoms. The molecule has 2 rings (SSSR count). The van der Waals surface area contributed by atoms with Crippen molar-refractivity contribution in [3.8, 4) is 0 Å². The van der Waals surface area contributed by atoms with Gasteiger partial charge in [-0.15, -0.1) is 0 Å². The van der Waals surface area contributed by atoms with Crippen molar-refractivity contribution in [2.24, 2.45) is 11.8 Å². The summed E-state index contributed by atoms with van der Waals surface area (Å²) in [5, 5.41) is 5.93. The van der Waals surface area contributed by atoms with E-state index >= 15 is 0 Å². The molecule has 0 heterocycles. The van der Waals surface area contributed by atoms with Gasteiger partial charge in [-0.3, -0.25) is 9.59 Å². The van der Waals surface area contributed by atoms with Crippen molar-refractivity contribution in [1.82, 2.24) is 0 Å². The van der Waals surface area contributed by atoms with Gasteiger partial charge in [-0.1, -0.05) is 73.5 Å². The molecular formula is C20H24N2O2S2. The number of rotatable bonds is 7. The minimum atomic E-state index is -0.0762. The number of para-hydroxylation sites is 2. The first-order valence-electron chi connectivity index (χ1n) is 8.52. The first-order chi connectivity index (χ1) is 12.4. The summed E-state index contributed by atoms with van der Waals surface area (Å²) in [6.45, 7) is 7.47. The lowest BCUT2D eigenvalue weighted by Crippen LogP contribution is -2.18. The smallest absolute Gasteiger partial charge is 0.226 e. The Hall–Kier alpha value is -1.92. The maximum Gasteiger partial charge on any atom is 0.226 e. The largest absolute Gasteiger partial charge is 0.325 e. The number of amides is 2. The Labute approximate surface area is 162 Å². The van der Waals surface area contributed by atoms with E-state index in [0.717, 1.165) is 21.2 Å². The van der Waals surface area contributed by atoms with Crippen molar-refractivity contribution < 1.29 is 9.59 Å². The van der Waals surface area contributed by atoms with E-state index in [1.165, 1.54) is 0 Å². The summed E-state index contributed by atoms with van der Waals surface area (Å²) >= 11 is 0. The number of hydrogen-bond acceptors (Lipinski definition) is 4. The molecule has 2 amide bonds. The van der Waals surface area contributed by atoms with Crippen LogP contribution < -0.4 is 10.6 Å². The predicted molar refractivity (Wildman–Crippen MR) is 112 cm³/mol. The summed E-state index contributed by atoms with van der Waals surface area (Å²) < 4.78 is 0. The van der Waals surface area contributed by atoms with Crippen LogP contribution in [0.4, 0.5) is 11.4 Å². The number of hydrogen-bond donors (Lipinski definition) is 2. The molecule has 2 aromatic rings. The quantitative estimate of drug-likeness (QED) is 0.600. The van der Waals surface area contributed by atoms with Crippen molar-refractivity contribution in [2.45, 2.75) is 37.5 Å². The zero-order valence-electron chi connectivity index (χ0n) is 15.4. The molecule has 0 aromatic heterocycles. The van der Waals surface area contributed by atoms with Crippen molar-refractivity contribution in [1.29, 1.82) is 0 Å². The fourth-order valence-electron chi connectivity index (χ4n) is 1.93. The van der Waals surface area contributed by atoms with Gasteiger partial charge < -0.3 is 10.6 Å². The molecule has 0 unspecified atom stereocenters. The molecule has 0 saturated carbocycles. The van der Waals surface area contributed by atoms with Crippen LogP contribution in [0.1, 0.15) is 27.7 Å². The van der Waals surface area contributed by atoms with Crippen LogP contribution in [0.3, 0.4) is 0 Å². The van der Waals surface area contributed by atoms with E-state index in [9.17, 15) is 9.59 Å². The van der Waals surface area contributed by atoms with Gasteiger partial charge in [-0.05, 0) is 24.3 Å². The Balaban J connectivity index is 2.12. The maximum atomic E-state index is 12.0. The van der Waals surface area contributed by atoms with Gasteiger partial charge in [0.05, 0.1) is 11.4 Å². The molecule has 0 aliphatic rings. The zero-order valence-corrected chi connectivity index (χ0v) is 17.0. The molecule has 0 bridgehead atoms. The number of carbonyl (C=O) groups excluding carboxylic acids is 2. The summed E-state index contributed by atoms with van der Waals surface area (Å²) in [7, 11) is 3.11. The van der Waals surface area contributed by atoms with Crippen LogP contribution in [0.5, 0.6) is 0 Å². The molecule has 138 valence electrons. The summed E-state index contributed by atoms with van der Waals surface area (Å²) in [6, 6.07) is 15.4. The standard InChI is InChI=1S/C20H24N2O2S2/c1-13(2)19(23)21-15-9-5-7-11-17(15)25-26-18-12-8-6-10-16(18)22-20(24)14(3)4/h5-14H,1-4H3,(H,21,23)(H,22,24). The van der Waals surface area contributed by atoms with Gasteiger partial charge in [0.2, 0.25) is 11.8 Å². The lowest BCUT2D eigenvalue weighted by atomic mass is 10.2. The second-order valence-electron chi connectivity index (χ2n) is 6.45. The highest BCUT2D eigenvalue weighted by Crippen LogP contribution is 2.43. The summed E-state index contributed by atoms with van der Waals surface area (Å²) in [4.78, 5) is 25.9. The third-order valence-electron chi connectivity index (χ3n) is 3.56. The number of benzene rings is 2. The molecular weight excluding hydrogens is 364 g/mol. The molecule has 0 atom stereocenters. The van der Waals surface area contributed by atoms with Crippen LogP contribution in [-0.2, 0) is 9.59 Å². The summed E-state index contributed by atoms with van der Waals surface area (Å²) in [5.41, 5.74) is 1.60. The van der Waals surface area contributed by atoms with E-state index in [4.69, 9.17) is 0 Å². The van der Waals surface area contributed by atoms with Gasteiger partial charge in [-0.25, -0.2) is 0 Å². The van der Waals surface area contributed by atoms with E-state index < -0.39 is 0 Å². The second kappa shape index (κ2) is 9.69. The fraction of sp³-hybridized carbons (Fsp3) is 0.300. The molecule has 2 N–H and O–H groups in total. The highest BCUT2D eigenvalue weighted by atomic mass is 33.1. The van der Waals surface area contributed by atoms with Gasteiger partial charge in [0.25, 0.3) is 0 Å². The average Bonchev–Trinajstić information content (AvgIpc) is 2.61. The van der Waals surface area contributed by atoms with E-state index in [0.29, 0.717) is 0 Å². The minimum absolute atomic E-state index is 0.00681. The van der Waals surface area contributed by atoms with Crippen LogP contribution >= 0.6 is 21.6 Å². The van der Waals surface area contributed by atoms with Crippen molar-refractivity contribution in [3.63, 3.8) is 0 Å². The number of nitrogens with one attached hydrogen (secondary N) is 2. The van der Waals surface area contributed by atoms with E-state index in [1.807, 2.05) is 76.2 Å². The number of carbonyl (C=O) groups is 2. The van der Waals surface area contributed by atoms with E-state index in [1.54, 1.807) is 21.6 Å². The van der Waals surface area contributed by atoms with E-state index in [2.05, 4.69) is 10.6 Å². The maximum absolute atomic E-state index is 12.0. The molecule has 0 spiro atoms. The van der Waals surface area contributed by atoms with Crippen LogP contribution in [0.25, 0.3) is 0 Å². The molecule has 2 aromatic carbocycles. The van der Waals surface area contributed by atoms with Crippen LogP contribution in [0.2, 0.25) is 0 Å². The average molecular weight is 389 g/mol. The molecule has 4 nitrogen and oxygen atoms in total. The Bertz CT molecular complexity index is 710. The van der Waals surface area contributed by atoms with E-state index in [-0.39, 0.29) is 23.7 Å². The Morgan fingerprint density at radius 2 is 1.04 bits per heavy atom. The first-order valence-corrected chi connectivity index (χ1v) is 10.7. The lowest BCUT2D eigenvalue weighted by molar-refractivity contribution is -0.119. The summed E-state index contributed by atoms with van der Waals surface area (Å²) in [5.74, 6) is -0.166.